The minimum absolute atomic E-state index is 0.183. The molecule has 0 spiro atoms. The summed E-state index contributed by atoms with van der Waals surface area (Å²) >= 11 is 0. The highest BCUT2D eigenvalue weighted by molar-refractivity contribution is 6.02. The number of nitrogens with zero attached hydrogens (tertiary/aromatic N) is 3. The average molecular weight is 383 g/mol. The largest absolute Gasteiger partial charge is 0.503 e. The van der Waals surface area contributed by atoms with Gasteiger partial charge in [0.15, 0.2) is 29.1 Å². The van der Waals surface area contributed by atoms with Gasteiger partial charge in [-0.15, -0.1) is 0 Å². The molecule has 1 aromatic heterocycles. The Morgan fingerprint density at radius 2 is 1.89 bits per heavy atom. The second kappa shape index (κ2) is 10.7. The highest BCUT2D eigenvalue weighted by atomic mass is 16.6. The molecule has 2 rings (SSSR count). The van der Waals surface area contributed by atoms with Crippen molar-refractivity contribution in [3.8, 4) is 11.5 Å². The molecule has 0 amide bonds. The van der Waals surface area contributed by atoms with E-state index in [1.54, 1.807) is 19.1 Å². The van der Waals surface area contributed by atoms with Crippen molar-refractivity contribution in [1.29, 1.82) is 0 Å². The third kappa shape index (κ3) is 6.05. The Kier molecular flexibility index (Phi) is 8.24. The second-order valence-electron chi connectivity index (χ2n) is 5.76. The lowest BCUT2D eigenvalue weighted by Gasteiger charge is -2.15. The zero-order valence-electron chi connectivity index (χ0n) is 15.5. The highest BCUT2D eigenvalue weighted by Gasteiger charge is 2.31. The zero-order valence-corrected chi connectivity index (χ0v) is 15.5. The summed E-state index contributed by atoms with van der Waals surface area (Å²) in [5.41, 5.74) is 0.186. The Hall–Kier alpha value is -2.43. The highest BCUT2D eigenvalue weighted by Crippen LogP contribution is 2.30. The summed E-state index contributed by atoms with van der Waals surface area (Å²) in [6, 6.07) is 0.645. The van der Waals surface area contributed by atoms with Crippen LogP contribution in [0.1, 0.15) is 5.69 Å². The molecule has 1 aliphatic rings. The molecule has 150 valence electrons. The van der Waals surface area contributed by atoms with Crippen molar-refractivity contribution in [2.75, 3.05) is 60.3 Å². The van der Waals surface area contributed by atoms with Crippen molar-refractivity contribution in [3.63, 3.8) is 0 Å². The number of rotatable bonds is 12. The van der Waals surface area contributed by atoms with Gasteiger partial charge in [-0.05, 0) is 0 Å². The Morgan fingerprint density at radius 1 is 1.22 bits per heavy atom. The van der Waals surface area contributed by atoms with Gasteiger partial charge < -0.3 is 34.1 Å². The molecule has 10 heteroatoms. The lowest BCUT2D eigenvalue weighted by molar-refractivity contribution is -0.138. The van der Waals surface area contributed by atoms with E-state index in [2.05, 4.69) is 9.98 Å². The van der Waals surface area contributed by atoms with E-state index >= 15 is 0 Å². The van der Waals surface area contributed by atoms with Crippen LogP contribution in [0, 0.1) is 0 Å². The molecular formula is C17H25N3O7. The van der Waals surface area contributed by atoms with E-state index in [1.165, 1.54) is 12.3 Å². The number of carboxylic acids is 1. The van der Waals surface area contributed by atoms with E-state index in [1.807, 2.05) is 0 Å². The molecular weight excluding hydrogens is 358 g/mol. The number of amidine groups is 1. The third-order valence-electron chi connectivity index (χ3n) is 3.76. The third-order valence-corrected chi connectivity index (χ3v) is 3.76. The first-order chi connectivity index (χ1) is 13.0. The Balaban J connectivity index is 1.83. The summed E-state index contributed by atoms with van der Waals surface area (Å²) in [4.78, 5) is 21.0. The lowest BCUT2D eigenvalue weighted by atomic mass is 10.2. The molecule has 0 saturated heterocycles. The maximum Gasteiger partial charge on any atom is 0.330 e. The fourth-order valence-electron chi connectivity index (χ4n) is 2.40. The van der Waals surface area contributed by atoms with Gasteiger partial charge in [-0.25, -0.2) is 14.8 Å². The molecule has 1 atom stereocenters. The topological polar surface area (TPSA) is 123 Å². The minimum atomic E-state index is -1.02. The molecule has 0 aromatic carbocycles. The van der Waals surface area contributed by atoms with Gasteiger partial charge in [-0.3, -0.25) is 0 Å². The van der Waals surface area contributed by atoms with Crippen LogP contribution in [-0.4, -0.2) is 98.3 Å². The van der Waals surface area contributed by atoms with E-state index in [0.717, 1.165) is 0 Å². The molecule has 0 radical (unpaired) electrons. The summed E-state index contributed by atoms with van der Waals surface area (Å²) in [5.74, 6) is -0.659. The van der Waals surface area contributed by atoms with Crippen LogP contribution in [0.15, 0.2) is 17.3 Å². The molecule has 0 fully saturated rings. The summed E-state index contributed by atoms with van der Waals surface area (Å²) in [6.07, 6.45) is 1.47. The van der Waals surface area contributed by atoms with Gasteiger partial charge in [0.2, 0.25) is 0 Å². The maximum atomic E-state index is 11.1. The van der Waals surface area contributed by atoms with Crippen LogP contribution in [0.5, 0.6) is 11.5 Å². The number of hydrogen-bond donors (Lipinski definition) is 2. The number of carboxylic acid groups (broad SMARTS) is 1. The van der Waals surface area contributed by atoms with Crippen molar-refractivity contribution in [2.24, 2.45) is 4.99 Å². The van der Waals surface area contributed by atoms with Gasteiger partial charge >= 0.3 is 5.97 Å². The lowest BCUT2D eigenvalue weighted by Crippen LogP contribution is -2.28. The Morgan fingerprint density at radius 3 is 2.52 bits per heavy atom. The van der Waals surface area contributed by atoms with Crippen LogP contribution in [0.2, 0.25) is 0 Å². The Labute approximate surface area is 157 Å². The second-order valence-corrected chi connectivity index (χ2v) is 5.76. The van der Waals surface area contributed by atoms with Crippen LogP contribution in [0.4, 0.5) is 0 Å². The Bertz CT molecular complexity index is 653. The molecule has 2 N–H and O–H groups in total. The first kappa shape index (κ1) is 20.9. The number of aromatic hydroxyl groups is 1. The molecule has 0 aliphatic carbocycles. The first-order valence-corrected chi connectivity index (χ1v) is 8.52. The van der Waals surface area contributed by atoms with Crippen LogP contribution in [0.25, 0.3) is 0 Å². The predicted molar refractivity (Wildman–Crippen MR) is 95.5 cm³/mol. The van der Waals surface area contributed by atoms with Crippen molar-refractivity contribution in [1.82, 2.24) is 9.88 Å². The van der Waals surface area contributed by atoms with E-state index in [0.29, 0.717) is 38.9 Å². The normalized spacial score (nSPS) is 16.4. The summed E-state index contributed by atoms with van der Waals surface area (Å²) in [5, 5.41) is 19.5. The fraction of sp³-hybridized carbons (Fsp3) is 0.588. The van der Waals surface area contributed by atoms with Crippen LogP contribution in [0.3, 0.4) is 0 Å². The van der Waals surface area contributed by atoms with Gasteiger partial charge in [-0.2, -0.15) is 0 Å². The quantitative estimate of drug-likeness (QED) is 0.480. The molecule has 0 unspecified atom stereocenters. The summed E-state index contributed by atoms with van der Waals surface area (Å²) in [6.45, 7) is 2.73. The number of aliphatic carboxylic acids is 1. The number of pyridine rings is 1. The molecule has 1 aliphatic heterocycles. The van der Waals surface area contributed by atoms with Gasteiger partial charge in [0.25, 0.3) is 0 Å². The van der Waals surface area contributed by atoms with Crippen LogP contribution < -0.4 is 4.74 Å². The molecule has 0 bridgehead atoms. The number of aromatic nitrogens is 1. The van der Waals surface area contributed by atoms with Crippen LogP contribution in [-0.2, 0) is 19.0 Å². The van der Waals surface area contributed by atoms with Gasteiger partial charge in [0.1, 0.15) is 6.61 Å². The number of ether oxygens (including phenoxy) is 4. The predicted octanol–water partition coefficient (Wildman–Crippen LogP) is -0.00920. The fourth-order valence-corrected chi connectivity index (χ4v) is 2.40. The number of carbonyl (C=O) groups is 1. The molecule has 2 heterocycles. The number of aliphatic imine (C=N–C) groups is 1. The van der Waals surface area contributed by atoms with Crippen molar-refractivity contribution in [3.05, 3.63) is 18.0 Å². The van der Waals surface area contributed by atoms with E-state index in [-0.39, 0.29) is 30.3 Å². The van der Waals surface area contributed by atoms with Crippen molar-refractivity contribution >= 4 is 11.8 Å². The monoisotopic (exact) mass is 383 g/mol. The van der Waals surface area contributed by atoms with Gasteiger partial charge in [0, 0.05) is 26.4 Å². The molecule has 27 heavy (non-hydrogen) atoms. The first-order valence-electron chi connectivity index (χ1n) is 8.52. The van der Waals surface area contributed by atoms with Crippen molar-refractivity contribution in [2.45, 2.75) is 6.04 Å². The van der Waals surface area contributed by atoms with Crippen molar-refractivity contribution < 1.29 is 34.0 Å². The van der Waals surface area contributed by atoms with E-state index in [9.17, 15) is 9.90 Å². The maximum absolute atomic E-state index is 11.1. The smallest absolute Gasteiger partial charge is 0.330 e. The molecule has 0 saturated carbocycles. The average Bonchev–Trinajstić information content (AvgIpc) is 3.03. The summed E-state index contributed by atoms with van der Waals surface area (Å²) in [7, 11) is 3.30. The minimum Gasteiger partial charge on any atom is -0.503 e. The van der Waals surface area contributed by atoms with Crippen LogP contribution >= 0.6 is 0 Å². The van der Waals surface area contributed by atoms with Gasteiger partial charge in [-0.1, -0.05) is 0 Å². The van der Waals surface area contributed by atoms with E-state index < -0.39 is 12.0 Å². The number of methoxy groups -OCH3 is 1. The molecule has 10 nitrogen and oxygen atoms in total. The summed E-state index contributed by atoms with van der Waals surface area (Å²) < 4.78 is 21.0. The standard InChI is InChI=1S/C17H25N3O7/c1-20-11-12(17(22)23)19-16(20)14-15(21)13(3-4-18-14)27-10-9-26-8-7-25-6-5-24-2/h3-4,12,21H,5-11H2,1-2H3,(H,22,23)/t12-/m1/s1. The number of hydrogen-bond acceptors (Lipinski definition) is 9. The number of likely N-dealkylation sites (N-methyl/N-ethyl adjacent to an activating group) is 1. The SMILES string of the molecule is COCCOCCOCCOc1ccnc(C2=N[C@@H](C(=O)O)CN2C)c1O. The van der Waals surface area contributed by atoms with E-state index in [4.69, 9.17) is 24.1 Å². The van der Waals surface area contributed by atoms with Gasteiger partial charge in [0.05, 0.1) is 39.6 Å². The zero-order chi connectivity index (χ0) is 19.6. The molecule has 1 aromatic rings.